The van der Waals surface area contributed by atoms with Gasteiger partial charge in [-0.15, -0.1) is 11.3 Å². The number of aliphatic hydroxyl groups is 1. The summed E-state index contributed by atoms with van der Waals surface area (Å²) >= 11 is 1.61. The Kier molecular flexibility index (Phi) is 4.41. The fourth-order valence-corrected chi connectivity index (χ4v) is 3.87. The molecule has 1 aromatic heterocycles. The van der Waals surface area contributed by atoms with Gasteiger partial charge < -0.3 is 15.7 Å². The minimum Gasteiger partial charge on any atom is -0.387 e. The number of carbonyl (C=O) groups excluding carboxylic acids is 1. The lowest BCUT2D eigenvalue weighted by Crippen LogP contribution is -2.42. The van der Waals surface area contributed by atoms with E-state index >= 15 is 0 Å². The molecule has 1 atom stereocenters. The average molecular weight is 304 g/mol. The summed E-state index contributed by atoms with van der Waals surface area (Å²) in [4.78, 5) is 11.8. The first kappa shape index (κ1) is 14.4. The van der Waals surface area contributed by atoms with Gasteiger partial charge in [-0.1, -0.05) is 31.0 Å². The number of benzene rings is 1. The largest absolute Gasteiger partial charge is 0.387 e. The summed E-state index contributed by atoms with van der Waals surface area (Å²) in [5, 5.41) is 19.0. The number of hydrogen-bond acceptors (Lipinski definition) is 3. The van der Waals surface area contributed by atoms with E-state index in [2.05, 4.69) is 10.6 Å². The van der Waals surface area contributed by atoms with Crippen molar-refractivity contribution in [2.75, 3.05) is 6.54 Å². The van der Waals surface area contributed by atoms with E-state index in [-0.39, 0.29) is 12.6 Å². The van der Waals surface area contributed by atoms with Gasteiger partial charge in [0.15, 0.2) is 0 Å². The molecule has 0 saturated heterocycles. The molecule has 3 N–H and O–H groups in total. The molecule has 4 nitrogen and oxygen atoms in total. The average Bonchev–Trinajstić information content (AvgIpc) is 3.13. The van der Waals surface area contributed by atoms with Crippen molar-refractivity contribution in [3.8, 4) is 0 Å². The van der Waals surface area contributed by atoms with Crippen LogP contribution in [-0.2, 0) is 0 Å². The molecule has 0 aliphatic heterocycles. The van der Waals surface area contributed by atoms with Crippen molar-refractivity contribution >= 4 is 27.5 Å². The van der Waals surface area contributed by atoms with Gasteiger partial charge in [-0.3, -0.25) is 0 Å². The number of nitrogens with one attached hydrogen (secondary N) is 2. The quantitative estimate of drug-likeness (QED) is 0.812. The number of urea groups is 1. The third-order valence-corrected chi connectivity index (χ3v) is 5.00. The third kappa shape index (κ3) is 3.36. The normalized spacial score (nSPS) is 17.0. The Morgan fingerprint density at radius 3 is 2.90 bits per heavy atom. The first-order chi connectivity index (χ1) is 10.2. The molecule has 112 valence electrons. The molecule has 2 amide bonds. The van der Waals surface area contributed by atoms with Crippen LogP contribution in [0.5, 0.6) is 0 Å². The number of carbonyl (C=O) groups is 1. The zero-order valence-electron chi connectivity index (χ0n) is 11.8. The van der Waals surface area contributed by atoms with Gasteiger partial charge in [0.1, 0.15) is 0 Å². The molecule has 3 rings (SSSR count). The second kappa shape index (κ2) is 6.45. The SMILES string of the molecule is O=C(NCC(O)c1csc2ccccc12)NC1CCCC1. The Bertz CT molecular complexity index is 620. The number of hydrogen-bond donors (Lipinski definition) is 3. The molecule has 5 heteroatoms. The van der Waals surface area contributed by atoms with Crippen molar-refractivity contribution in [1.29, 1.82) is 0 Å². The predicted molar refractivity (Wildman–Crippen MR) is 85.6 cm³/mol. The molecule has 2 aromatic rings. The van der Waals surface area contributed by atoms with Gasteiger partial charge in [-0.05, 0) is 29.7 Å². The van der Waals surface area contributed by atoms with Crippen molar-refractivity contribution < 1.29 is 9.90 Å². The van der Waals surface area contributed by atoms with Crippen molar-refractivity contribution in [2.45, 2.75) is 37.8 Å². The molecule has 1 saturated carbocycles. The summed E-state index contributed by atoms with van der Waals surface area (Å²) in [5.41, 5.74) is 0.886. The Labute approximate surface area is 128 Å². The van der Waals surface area contributed by atoms with E-state index in [9.17, 15) is 9.90 Å². The fraction of sp³-hybridized carbons (Fsp3) is 0.438. The van der Waals surface area contributed by atoms with Crippen molar-refractivity contribution in [3.05, 3.63) is 35.2 Å². The van der Waals surface area contributed by atoms with Crippen LogP contribution in [0.2, 0.25) is 0 Å². The van der Waals surface area contributed by atoms with E-state index in [4.69, 9.17) is 0 Å². The predicted octanol–water partition coefficient (Wildman–Crippen LogP) is 3.18. The number of aliphatic hydroxyl groups excluding tert-OH is 1. The minimum absolute atomic E-state index is 0.180. The fourth-order valence-electron chi connectivity index (χ4n) is 2.86. The van der Waals surface area contributed by atoms with Crippen LogP contribution in [0.15, 0.2) is 29.6 Å². The minimum atomic E-state index is -0.671. The topological polar surface area (TPSA) is 61.4 Å². The Morgan fingerprint density at radius 1 is 1.33 bits per heavy atom. The molecule has 1 fully saturated rings. The molecule has 0 bridgehead atoms. The molecular formula is C16H20N2O2S. The zero-order chi connectivity index (χ0) is 14.7. The van der Waals surface area contributed by atoms with Crippen LogP contribution in [0.4, 0.5) is 4.79 Å². The highest BCUT2D eigenvalue weighted by Gasteiger charge is 2.18. The molecule has 0 radical (unpaired) electrons. The van der Waals surface area contributed by atoms with Crippen molar-refractivity contribution in [1.82, 2.24) is 10.6 Å². The van der Waals surface area contributed by atoms with E-state index in [1.165, 1.54) is 12.8 Å². The van der Waals surface area contributed by atoms with E-state index in [1.807, 2.05) is 29.6 Å². The summed E-state index contributed by atoms with van der Waals surface area (Å²) in [6.45, 7) is 0.235. The monoisotopic (exact) mass is 304 g/mol. The highest BCUT2D eigenvalue weighted by atomic mass is 32.1. The molecule has 1 unspecified atom stereocenters. The van der Waals surface area contributed by atoms with E-state index < -0.39 is 6.10 Å². The third-order valence-electron chi connectivity index (χ3n) is 4.02. The summed E-state index contributed by atoms with van der Waals surface area (Å²) in [6, 6.07) is 8.11. The second-order valence-electron chi connectivity index (χ2n) is 5.54. The maximum Gasteiger partial charge on any atom is 0.315 e. The van der Waals surface area contributed by atoms with Gasteiger partial charge in [0, 0.05) is 22.8 Å². The lowest BCUT2D eigenvalue weighted by Gasteiger charge is -2.15. The Balaban J connectivity index is 1.56. The van der Waals surface area contributed by atoms with Gasteiger partial charge >= 0.3 is 6.03 Å². The second-order valence-corrected chi connectivity index (χ2v) is 6.45. The van der Waals surface area contributed by atoms with Crippen LogP contribution in [0.3, 0.4) is 0 Å². The lowest BCUT2D eigenvalue weighted by molar-refractivity contribution is 0.174. The van der Waals surface area contributed by atoms with Crippen LogP contribution in [0, 0.1) is 0 Å². The Morgan fingerprint density at radius 2 is 2.10 bits per heavy atom. The van der Waals surface area contributed by atoms with Crippen molar-refractivity contribution in [2.24, 2.45) is 0 Å². The smallest absolute Gasteiger partial charge is 0.315 e. The van der Waals surface area contributed by atoms with Gasteiger partial charge in [0.05, 0.1) is 6.10 Å². The summed E-state index contributed by atoms with van der Waals surface area (Å²) < 4.78 is 1.15. The van der Waals surface area contributed by atoms with Crippen molar-refractivity contribution in [3.63, 3.8) is 0 Å². The number of fused-ring (bicyclic) bond motifs is 1. The molecule has 1 aliphatic rings. The number of rotatable bonds is 4. The maximum absolute atomic E-state index is 11.8. The van der Waals surface area contributed by atoms with E-state index in [1.54, 1.807) is 11.3 Å². The summed E-state index contributed by atoms with van der Waals surface area (Å²) in [5.74, 6) is 0. The molecule has 0 spiro atoms. The van der Waals surface area contributed by atoms with Crippen LogP contribution in [0.1, 0.15) is 37.4 Å². The molecule has 1 aromatic carbocycles. The number of amides is 2. The maximum atomic E-state index is 11.8. The molecular weight excluding hydrogens is 284 g/mol. The van der Waals surface area contributed by atoms with Crippen LogP contribution >= 0.6 is 11.3 Å². The lowest BCUT2D eigenvalue weighted by atomic mass is 10.1. The number of thiophene rings is 1. The highest BCUT2D eigenvalue weighted by molar-refractivity contribution is 7.17. The van der Waals surface area contributed by atoms with Gasteiger partial charge in [-0.2, -0.15) is 0 Å². The van der Waals surface area contributed by atoms with Gasteiger partial charge in [-0.25, -0.2) is 4.79 Å². The van der Waals surface area contributed by atoms with Gasteiger partial charge in [0.25, 0.3) is 0 Å². The summed E-state index contributed by atoms with van der Waals surface area (Å²) in [7, 11) is 0. The zero-order valence-corrected chi connectivity index (χ0v) is 12.7. The van der Waals surface area contributed by atoms with Gasteiger partial charge in [0.2, 0.25) is 0 Å². The summed E-state index contributed by atoms with van der Waals surface area (Å²) in [6.07, 6.45) is 3.83. The Hall–Kier alpha value is -1.59. The van der Waals surface area contributed by atoms with E-state index in [0.717, 1.165) is 28.5 Å². The molecule has 21 heavy (non-hydrogen) atoms. The van der Waals surface area contributed by atoms with Crippen LogP contribution in [-0.4, -0.2) is 23.7 Å². The van der Waals surface area contributed by atoms with Crippen LogP contribution in [0.25, 0.3) is 10.1 Å². The van der Waals surface area contributed by atoms with Crippen LogP contribution < -0.4 is 10.6 Å². The highest BCUT2D eigenvalue weighted by Crippen LogP contribution is 2.29. The first-order valence-electron chi connectivity index (χ1n) is 7.42. The standard InChI is InChI=1S/C16H20N2O2S/c19-14(9-17-16(20)18-11-5-1-2-6-11)13-10-21-15-8-4-3-7-12(13)15/h3-4,7-8,10-11,14,19H,1-2,5-6,9H2,(H2,17,18,20). The first-order valence-corrected chi connectivity index (χ1v) is 8.30. The van der Waals surface area contributed by atoms with E-state index in [0.29, 0.717) is 6.04 Å². The molecule has 1 aliphatic carbocycles. The molecule has 1 heterocycles.